The third-order valence-corrected chi connectivity index (χ3v) is 7.07. The second-order valence-electron chi connectivity index (χ2n) is 7.35. The Balaban J connectivity index is 1.59. The van der Waals surface area contributed by atoms with Crippen molar-refractivity contribution in [3.8, 4) is 0 Å². The summed E-state index contributed by atoms with van der Waals surface area (Å²) in [4.78, 5) is 14.3. The molecular weight excluding hydrogens is 373 g/mol. The van der Waals surface area contributed by atoms with Gasteiger partial charge in [0.05, 0.1) is 13.2 Å². The van der Waals surface area contributed by atoms with E-state index in [0.29, 0.717) is 45.5 Å². The van der Waals surface area contributed by atoms with E-state index in [4.69, 9.17) is 4.74 Å². The van der Waals surface area contributed by atoms with Gasteiger partial charge in [0.25, 0.3) is 10.2 Å². The number of hydrogen-bond acceptors (Lipinski definition) is 4. The average Bonchev–Trinajstić information content (AvgIpc) is 3.03. The van der Waals surface area contributed by atoms with Crippen molar-refractivity contribution in [1.82, 2.24) is 13.5 Å². The second kappa shape index (κ2) is 7.83. The molecule has 0 radical (unpaired) electrons. The van der Waals surface area contributed by atoms with Gasteiger partial charge in [0.1, 0.15) is 11.4 Å². The molecule has 1 atom stereocenters. The summed E-state index contributed by atoms with van der Waals surface area (Å²) in [6.45, 7) is 1.81. The minimum absolute atomic E-state index is 0.0210. The number of carbonyl (C=O) groups is 1. The molecule has 7 nitrogen and oxygen atoms in total. The standard InChI is InChI=1S/C18H26FN3O4S/c1-20(2)27(24,25)22-10-11-26-18(14-22)8-9-21(13-18)17(23)7-6-15-4-3-5-16(19)12-15/h3-5,12H,6-11,13-14H2,1-2H3. The highest BCUT2D eigenvalue weighted by Crippen LogP contribution is 2.31. The van der Waals surface area contributed by atoms with E-state index < -0.39 is 15.8 Å². The van der Waals surface area contributed by atoms with E-state index in [9.17, 15) is 17.6 Å². The van der Waals surface area contributed by atoms with Crippen LogP contribution in [-0.2, 0) is 26.2 Å². The Morgan fingerprint density at radius 3 is 2.78 bits per heavy atom. The molecule has 1 spiro atoms. The number of morpholine rings is 1. The summed E-state index contributed by atoms with van der Waals surface area (Å²) in [5, 5.41) is 0. The minimum atomic E-state index is -3.50. The topological polar surface area (TPSA) is 70.2 Å². The molecule has 2 heterocycles. The minimum Gasteiger partial charge on any atom is -0.370 e. The molecule has 9 heteroatoms. The largest absolute Gasteiger partial charge is 0.370 e. The fraction of sp³-hybridized carbons (Fsp3) is 0.611. The van der Waals surface area contributed by atoms with E-state index in [1.54, 1.807) is 17.0 Å². The van der Waals surface area contributed by atoms with Crippen LogP contribution < -0.4 is 0 Å². The van der Waals surface area contributed by atoms with E-state index in [1.165, 1.54) is 34.8 Å². The number of hydrogen-bond donors (Lipinski definition) is 0. The molecule has 0 aliphatic carbocycles. The molecule has 2 saturated heterocycles. The highest BCUT2D eigenvalue weighted by atomic mass is 32.2. The number of aryl methyl sites for hydroxylation is 1. The number of ether oxygens (including phenoxy) is 1. The van der Waals surface area contributed by atoms with Crippen LogP contribution in [0.2, 0.25) is 0 Å². The van der Waals surface area contributed by atoms with Crippen molar-refractivity contribution in [3.63, 3.8) is 0 Å². The molecule has 3 rings (SSSR count). The monoisotopic (exact) mass is 399 g/mol. The summed E-state index contributed by atoms with van der Waals surface area (Å²) in [6.07, 6.45) is 1.37. The first-order chi connectivity index (χ1) is 12.7. The van der Waals surface area contributed by atoms with Crippen LogP contribution in [0.15, 0.2) is 24.3 Å². The van der Waals surface area contributed by atoms with Crippen LogP contribution in [0.1, 0.15) is 18.4 Å². The summed E-state index contributed by atoms with van der Waals surface area (Å²) in [7, 11) is -0.487. The molecule has 1 amide bonds. The zero-order valence-electron chi connectivity index (χ0n) is 15.7. The fourth-order valence-electron chi connectivity index (χ4n) is 3.64. The second-order valence-corrected chi connectivity index (χ2v) is 9.49. The number of likely N-dealkylation sites (tertiary alicyclic amines) is 1. The molecule has 27 heavy (non-hydrogen) atoms. The van der Waals surface area contributed by atoms with Crippen molar-refractivity contribution in [2.45, 2.75) is 24.9 Å². The van der Waals surface area contributed by atoms with Crippen molar-refractivity contribution in [2.75, 3.05) is 46.9 Å². The molecular formula is C18H26FN3O4S. The number of halogens is 1. The molecule has 2 fully saturated rings. The summed E-state index contributed by atoms with van der Waals surface area (Å²) in [6, 6.07) is 6.25. The number of rotatable bonds is 5. The van der Waals surface area contributed by atoms with E-state index in [2.05, 4.69) is 0 Å². The van der Waals surface area contributed by atoms with Crippen LogP contribution in [-0.4, -0.2) is 80.3 Å². The zero-order chi connectivity index (χ0) is 19.7. The van der Waals surface area contributed by atoms with E-state index in [0.717, 1.165) is 5.56 Å². The summed E-state index contributed by atoms with van der Waals surface area (Å²) >= 11 is 0. The van der Waals surface area contributed by atoms with Gasteiger partial charge >= 0.3 is 0 Å². The van der Waals surface area contributed by atoms with Crippen LogP contribution >= 0.6 is 0 Å². The van der Waals surface area contributed by atoms with Gasteiger partial charge in [-0.25, -0.2) is 4.39 Å². The zero-order valence-corrected chi connectivity index (χ0v) is 16.5. The molecule has 2 aliphatic heterocycles. The third-order valence-electron chi connectivity index (χ3n) is 5.19. The van der Waals surface area contributed by atoms with Crippen molar-refractivity contribution >= 4 is 16.1 Å². The first-order valence-electron chi connectivity index (χ1n) is 9.06. The van der Waals surface area contributed by atoms with Crippen LogP contribution in [0.4, 0.5) is 4.39 Å². The Bertz CT molecular complexity index is 802. The Hall–Kier alpha value is -1.55. The van der Waals surface area contributed by atoms with Gasteiger partial charge in [-0.3, -0.25) is 4.79 Å². The van der Waals surface area contributed by atoms with Gasteiger partial charge in [-0.1, -0.05) is 12.1 Å². The Kier molecular flexibility index (Phi) is 5.85. The third kappa shape index (κ3) is 4.48. The lowest BCUT2D eigenvalue weighted by Gasteiger charge is -2.40. The van der Waals surface area contributed by atoms with Crippen molar-refractivity contribution in [3.05, 3.63) is 35.6 Å². The van der Waals surface area contributed by atoms with Gasteiger partial charge in [-0.15, -0.1) is 0 Å². The van der Waals surface area contributed by atoms with Gasteiger partial charge in [-0.05, 0) is 30.5 Å². The van der Waals surface area contributed by atoms with Crippen molar-refractivity contribution in [1.29, 1.82) is 0 Å². The molecule has 1 unspecified atom stereocenters. The predicted octanol–water partition coefficient (Wildman–Crippen LogP) is 0.868. The average molecular weight is 399 g/mol. The smallest absolute Gasteiger partial charge is 0.281 e. The lowest BCUT2D eigenvalue weighted by atomic mass is 10.0. The van der Waals surface area contributed by atoms with Crippen LogP contribution in [0.3, 0.4) is 0 Å². The molecule has 0 saturated carbocycles. The molecule has 0 N–H and O–H groups in total. The van der Waals surface area contributed by atoms with E-state index in [-0.39, 0.29) is 18.3 Å². The van der Waals surface area contributed by atoms with Crippen LogP contribution in [0.25, 0.3) is 0 Å². The number of nitrogens with zero attached hydrogens (tertiary/aromatic N) is 3. The summed E-state index contributed by atoms with van der Waals surface area (Å²) < 4.78 is 46.6. The van der Waals surface area contributed by atoms with Gasteiger partial charge in [0.2, 0.25) is 5.91 Å². The van der Waals surface area contributed by atoms with Crippen LogP contribution in [0, 0.1) is 5.82 Å². The maximum Gasteiger partial charge on any atom is 0.281 e. The number of carbonyl (C=O) groups excluding carboxylic acids is 1. The lowest BCUT2D eigenvalue weighted by Crippen LogP contribution is -2.57. The normalized spacial score (nSPS) is 24.1. The van der Waals surface area contributed by atoms with Crippen molar-refractivity contribution in [2.24, 2.45) is 0 Å². The fourth-order valence-corrected chi connectivity index (χ4v) is 4.81. The predicted molar refractivity (Wildman–Crippen MR) is 98.8 cm³/mol. The van der Waals surface area contributed by atoms with Gasteiger partial charge in [0, 0.05) is 40.2 Å². The lowest BCUT2D eigenvalue weighted by molar-refractivity contribution is -0.133. The van der Waals surface area contributed by atoms with Gasteiger partial charge in [0.15, 0.2) is 0 Å². The molecule has 1 aromatic rings. The van der Waals surface area contributed by atoms with E-state index >= 15 is 0 Å². The molecule has 0 aromatic heterocycles. The summed E-state index contributed by atoms with van der Waals surface area (Å²) in [5.74, 6) is -0.329. The first kappa shape index (κ1) is 20.2. The maximum atomic E-state index is 13.3. The van der Waals surface area contributed by atoms with Crippen molar-refractivity contribution < 1.29 is 22.3 Å². The summed E-state index contributed by atoms with van der Waals surface area (Å²) in [5.41, 5.74) is 0.143. The molecule has 1 aromatic carbocycles. The highest BCUT2D eigenvalue weighted by Gasteiger charge is 2.46. The number of amides is 1. The number of benzene rings is 1. The first-order valence-corrected chi connectivity index (χ1v) is 10.5. The highest BCUT2D eigenvalue weighted by molar-refractivity contribution is 7.86. The molecule has 0 bridgehead atoms. The van der Waals surface area contributed by atoms with E-state index in [1.807, 2.05) is 0 Å². The SMILES string of the molecule is CN(C)S(=O)(=O)N1CCOC2(CCN(C(=O)CCc3cccc(F)c3)C2)C1. The van der Waals surface area contributed by atoms with Gasteiger partial charge < -0.3 is 9.64 Å². The Labute approximate surface area is 159 Å². The Morgan fingerprint density at radius 2 is 2.07 bits per heavy atom. The quantitative estimate of drug-likeness (QED) is 0.737. The van der Waals surface area contributed by atoms with Gasteiger partial charge in [-0.2, -0.15) is 17.0 Å². The Morgan fingerprint density at radius 1 is 1.30 bits per heavy atom. The molecule has 2 aliphatic rings. The molecule has 150 valence electrons. The van der Waals surface area contributed by atoms with Crippen LogP contribution in [0.5, 0.6) is 0 Å². The maximum absolute atomic E-state index is 13.3.